The Bertz CT molecular complexity index is 664. The number of carbonyl (C=O) groups is 2. The van der Waals surface area contributed by atoms with Crippen LogP contribution in [-0.2, 0) is 20.7 Å². The van der Waals surface area contributed by atoms with Crippen molar-refractivity contribution in [2.24, 2.45) is 0 Å². The van der Waals surface area contributed by atoms with E-state index in [-0.39, 0.29) is 18.1 Å². The van der Waals surface area contributed by atoms with Gasteiger partial charge in [-0.25, -0.2) is 14.8 Å². The smallest absolute Gasteiger partial charge is 0.323 e. The number of imidazole rings is 1. The zero-order valence-corrected chi connectivity index (χ0v) is 11.0. The minimum atomic E-state index is -0.541. The molecule has 1 amide bonds. The number of hydrogen-bond donors (Lipinski definition) is 3. The van der Waals surface area contributed by atoms with Crippen LogP contribution in [0.3, 0.4) is 0 Å². The van der Waals surface area contributed by atoms with Crippen LogP contribution in [0.25, 0.3) is 0 Å². The van der Waals surface area contributed by atoms with E-state index in [1.54, 1.807) is 6.07 Å². The standard InChI is InChI=1S/C12H13N5O4/c18-9(17-11-13-4-1-5-14-11)7-21-10(19)3-2-8-6-15-12(20)16-8/h1,4-6H,2-3,7H2,(H2,15,16,20)(H,13,14,17,18). The summed E-state index contributed by atoms with van der Waals surface area (Å²) in [6.07, 6.45) is 4.82. The van der Waals surface area contributed by atoms with Gasteiger partial charge >= 0.3 is 11.7 Å². The van der Waals surface area contributed by atoms with Gasteiger partial charge in [0.05, 0.1) is 6.42 Å². The molecule has 2 aromatic heterocycles. The molecule has 0 unspecified atom stereocenters. The maximum Gasteiger partial charge on any atom is 0.323 e. The molecule has 21 heavy (non-hydrogen) atoms. The normalized spacial score (nSPS) is 10.1. The Balaban J connectivity index is 1.69. The molecule has 0 aliphatic carbocycles. The summed E-state index contributed by atoms with van der Waals surface area (Å²) >= 11 is 0. The van der Waals surface area contributed by atoms with Crippen molar-refractivity contribution in [1.82, 2.24) is 19.9 Å². The number of nitrogens with zero attached hydrogens (tertiary/aromatic N) is 2. The van der Waals surface area contributed by atoms with Crippen molar-refractivity contribution < 1.29 is 14.3 Å². The van der Waals surface area contributed by atoms with E-state index < -0.39 is 18.5 Å². The van der Waals surface area contributed by atoms with Crippen LogP contribution in [0.5, 0.6) is 0 Å². The lowest BCUT2D eigenvalue weighted by Gasteiger charge is -2.04. The predicted molar refractivity (Wildman–Crippen MR) is 71.4 cm³/mol. The number of esters is 1. The third-order valence-electron chi connectivity index (χ3n) is 2.43. The molecule has 0 saturated heterocycles. The maximum absolute atomic E-state index is 11.5. The van der Waals surface area contributed by atoms with Crippen LogP contribution in [0.15, 0.2) is 29.5 Å². The number of carbonyl (C=O) groups excluding carboxylic acids is 2. The fourth-order valence-electron chi connectivity index (χ4n) is 1.48. The molecule has 0 fully saturated rings. The lowest BCUT2D eigenvalue weighted by molar-refractivity contribution is -0.147. The first-order chi connectivity index (χ1) is 10.1. The van der Waals surface area contributed by atoms with Crippen molar-refractivity contribution >= 4 is 17.8 Å². The van der Waals surface area contributed by atoms with Crippen molar-refractivity contribution in [3.63, 3.8) is 0 Å². The van der Waals surface area contributed by atoms with Gasteiger partial charge < -0.3 is 14.7 Å². The highest BCUT2D eigenvalue weighted by Crippen LogP contribution is 1.98. The molecule has 9 heteroatoms. The fourth-order valence-corrected chi connectivity index (χ4v) is 1.48. The second-order valence-electron chi connectivity index (χ2n) is 4.05. The number of H-pyrrole nitrogens is 2. The average molecular weight is 291 g/mol. The van der Waals surface area contributed by atoms with Crippen LogP contribution < -0.4 is 11.0 Å². The topological polar surface area (TPSA) is 130 Å². The summed E-state index contributed by atoms with van der Waals surface area (Å²) in [6, 6.07) is 1.61. The second-order valence-corrected chi connectivity index (χ2v) is 4.05. The van der Waals surface area contributed by atoms with Crippen LogP contribution in [0, 0.1) is 0 Å². The number of aromatic amines is 2. The summed E-state index contributed by atoms with van der Waals surface area (Å²) in [5.74, 6) is -0.922. The van der Waals surface area contributed by atoms with Gasteiger partial charge in [0.25, 0.3) is 5.91 Å². The highest BCUT2D eigenvalue weighted by Gasteiger charge is 2.09. The highest BCUT2D eigenvalue weighted by molar-refractivity contribution is 5.91. The monoisotopic (exact) mass is 291 g/mol. The molecule has 0 radical (unpaired) electrons. The van der Waals surface area contributed by atoms with E-state index in [4.69, 9.17) is 4.74 Å². The first kappa shape index (κ1) is 14.4. The Labute approximate surface area is 118 Å². The van der Waals surface area contributed by atoms with Gasteiger partial charge in [-0.1, -0.05) is 0 Å². The zero-order valence-electron chi connectivity index (χ0n) is 11.0. The molecule has 0 aliphatic rings. The number of nitrogens with one attached hydrogen (secondary N) is 3. The fraction of sp³-hybridized carbons (Fsp3) is 0.250. The van der Waals surface area contributed by atoms with Crippen molar-refractivity contribution in [2.45, 2.75) is 12.8 Å². The van der Waals surface area contributed by atoms with E-state index in [9.17, 15) is 14.4 Å². The summed E-state index contributed by atoms with van der Waals surface area (Å²) in [5, 5.41) is 2.38. The Hall–Kier alpha value is -2.97. The number of aromatic nitrogens is 4. The summed E-state index contributed by atoms with van der Waals surface area (Å²) in [4.78, 5) is 46.3. The second kappa shape index (κ2) is 6.98. The Kier molecular flexibility index (Phi) is 4.80. The molecule has 2 aromatic rings. The molecule has 0 atom stereocenters. The zero-order chi connectivity index (χ0) is 15.1. The van der Waals surface area contributed by atoms with Gasteiger partial charge in [0, 0.05) is 24.3 Å². The van der Waals surface area contributed by atoms with Crippen LogP contribution in [0.2, 0.25) is 0 Å². The van der Waals surface area contributed by atoms with Crippen molar-refractivity contribution in [3.8, 4) is 0 Å². The van der Waals surface area contributed by atoms with E-state index in [1.807, 2.05) is 0 Å². The van der Waals surface area contributed by atoms with Gasteiger partial charge in [-0.3, -0.25) is 14.9 Å². The number of anilines is 1. The van der Waals surface area contributed by atoms with E-state index >= 15 is 0 Å². The maximum atomic E-state index is 11.5. The van der Waals surface area contributed by atoms with Crippen molar-refractivity contribution in [3.05, 3.63) is 40.8 Å². The van der Waals surface area contributed by atoms with Gasteiger partial charge in [0.15, 0.2) is 6.61 Å². The molecule has 3 N–H and O–H groups in total. The summed E-state index contributed by atoms with van der Waals surface area (Å²) in [6.45, 7) is -0.416. The third kappa shape index (κ3) is 4.90. The predicted octanol–water partition coefficient (Wildman–Crippen LogP) is -0.393. The minimum absolute atomic E-state index is 0.0584. The summed E-state index contributed by atoms with van der Waals surface area (Å²) in [5.41, 5.74) is 0.264. The van der Waals surface area contributed by atoms with Gasteiger partial charge in [-0.15, -0.1) is 0 Å². The Morgan fingerprint density at radius 1 is 1.29 bits per heavy atom. The molecule has 2 rings (SSSR count). The summed E-state index contributed by atoms with van der Waals surface area (Å²) in [7, 11) is 0. The van der Waals surface area contributed by atoms with Crippen LogP contribution >= 0.6 is 0 Å². The lowest BCUT2D eigenvalue weighted by Crippen LogP contribution is -2.22. The number of rotatable bonds is 6. The van der Waals surface area contributed by atoms with Gasteiger partial charge in [0.2, 0.25) is 5.95 Å². The molecule has 110 valence electrons. The molecule has 0 spiro atoms. The molecule has 9 nitrogen and oxygen atoms in total. The molecule has 0 aromatic carbocycles. The number of ether oxygens (including phenoxy) is 1. The minimum Gasteiger partial charge on any atom is -0.456 e. The van der Waals surface area contributed by atoms with Crippen LogP contribution in [0.4, 0.5) is 5.95 Å². The molecule has 2 heterocycles. The Morgan fingerprint density at radius 3 is 2.71 bits per heavy atom. The highest BCUT2D eigenvalue weighted by atomic mass is 16.5. The molecule has 0 bridgehead atoms. The SMILES string of the molecule is O=C(COC(=O)CCc1c[nH]c(=O)[nH]1)Nc1ncccn1. The van der Waals surface area contributed by atoms with Crippen molar-refractivity contribution in [1.29, 1.82) is 0 Å². The van der Waals surface area contributed by atoms with Gasteiger partial charge in [-0.2, -0.15) is 0 Å². The first-order valence-corrected chi connectivity index (χ1v) is 6.12. The van der Waals surface area contributed by atoms with Crippen molar-refractivity contribution in [2.75, 3.05) is 11.9 Å². The first-order valence-electron chi connectivity index (χ1n) is 6.12. The van der Waals surface area contributed by atoms with E-state index in [0.717, 1.165) is 0 Å². The van der Waals surface area contributed by atoms with Crippen LogP contribution in [-0.4, -0.2) is 38.4 Å². The number of amides is 1. The van der Waals surface area contributed by atoms with E-state index in [2.05, 4.69) is 25.3 Å². The molecular weight excluding hydrogens is 278 g/mol. The van der Waals surface area contributed by atoms with Gasteiger partial charge in [-0.05, 0) is 12.5 Å². The molecular formula is C12H13N5O4. The van der Waals surface area contributed by atoms with E-state index in [0.29, 0.717) is 12.1 Å². The largest absolute Gasteiger partial charge is 0.456 e. The van der Waals surface area contributed by atoms with E-state index in [1.165, 1.54) is 18.6 Å². The molecule has 0 aliphatic heterocycles. The number of aryl methyl sites for hydroxylation is 1. The Morgan fingerprint density at radius 2 is 2.05 bits per heavy atom. The third-order valence-corrected chi connectivity index (χ3v) is 2.43. The number of hydrogen-bond acceptors (Lipinski definition) is 6. The lowest BCUT2D eigenvalue weighted by atomic mass is 10.2. The quantitative estimate of drug-likeness (QED) is 0.621. The summed E-state index contributed by atoms with van der Waals surface area (Å²) < 4.78 is 4.80. The average Bonchev–Trinajstić information content (AvgIpc) is 2.90. The van der Waals surface area contributed by atoms with Crippen LogP contribution in [0.1, 0.15) is 12.1 Å². The molecule has 0 saturated carbocycles. The van der Waals surface area contributed by atoms with Gasteiger partial charge in [0.1, 0.15) is 0 Å².